The summed E-state index contributed by atoms with van der Waals surface area (Å²) in [6, 6.07) is -0.627. The number of unbranched alkanes of at least 4 members (excludes halogenated alkanes) is 57. The molecule has 0 aliphatic carbocycles. The molecule has 6 nitrogen and oxygen atoms in total. The summed E-state index contributed by atoms with van der Waals surface area (Å²) >= 11 is 0. The zero-order valence-corrected chi connectivity index (χ0v) is 56.9. The molecular weight excluding hydrogens is 1030 g/mol. The van der Waals surface area contributed by atoms with Crippen molar-refractivity contribution in [2.24, 2.45) is 0 Å². The molecule has 0 aromatic heterocycles. The average Bonchev–Trinajstić information content (AvgIpc) is 3.51. The molecule has 0 aliphatic heterocycles. The molecule has 2 unspecified atom stereocenters. The van der Waals surface area contributed by atoms with E-state index in [2.05, 4.69) is 43.5 Å². The van der Waals surface area contributed by atoms with Crippen molar-refractivity contribution in [2.45, 2.75) is 437 Å². The maximum absolute atomic E-state index is 12.5. The molecule has 0 aromatic rings. The number of carbonyl (C=O) groups is 2. The first-order valence-electron chi connectivity index (χ1n) is 38.3. The highest BCUT2D eigenvalue weighted by molar-refractivity contribution is 5.76. The fourth-order valence-corrected chi connectivity index (χ4v) is 12.0. The van der Waals surface area contributed by atoms with Crippen LogP contribution in [0.4, 0.5) is 0 Å². The highest BCUT2D eigenvalue weighted by atomic mass is 16.5. The minimum absolute atomic E-state index is 0.00918. The molecule has 0 spiro atoms. The average molecular weight is 1180 g/mol. The largest absolute Gasteiger partial charge is 0.466 e. The lowest BCUT2D eigenvalue weighted by atomic mass is 10.0. The minimum Gasteiger partial charge on any atom is -0.466 e. The van der Waals surface area contributed by atoms with E-state index in [1.165, 1.54) is 353 Å². The predicted molar refractivity (Wildman–Crippen MR) is 370 cm³/mol. The normalized spacial score (nSPS) is 12.7. The lowest BCUT2D eigenvalue weighted by Crippen LogP contribution is -2.45. The van der Waals surface area contributed by atoms with Crippen molar-refractivity contribution in [3.63, 3.8) is 0 Å². The third-order valence-electron chi connectivity index (χ3n) is 17.9. The van der Waals surface area contributed by atoms with E-state index >= 15 is 0 Å². The van der Waals surface area contributed by atoms with Crippen LogP contribution in [0.25, 0.3) is 0 Å². The molecule has 6 heteroatoms. The number of allylic oxidation sites excluding steroid dienone is 5. The van der Waals surface area contributed by atoms with E-state index in [1.54, 1.807) is 6.08 Å². The number of rotatable bonds is 72. The van der Waals surface area contributed by atoms with Crippen molar-refractivity contribution in [1.82, 2.24) is 5.32 Å². The van der Waals surface area contributed by atoms with Gasteiger partial charge in [-0.3, -0.25) is 9.59 Å². The lowest BCUT2D eigenvalue weighted by molar-refractivity contribution is -0.143. The number of hydrogen-bond acceptors (Lipinski definition) is 5. The van der Waals surface area contributed by atoms with Gasteiger partial charge >= 0.3 is 5.97 Å². The number of aliphatic hydroxyl groups excluding tert-OH is 2. The first kappa shape index (κ1) is 82.1. The summed E-state index contributed by atoms with van der Waals surface area (Å²) in [6.07, 6.45) is 95.4. The van der Waals surface area contributed by atoms with E-state index in [0.29, 0.717) is 19.4 Å². The Morgan fingerprint density at radius 2 is 0.560 bits per heavy atom. The molecule has 1 amide bonds. The summed E-state index contributed by atoms with van der Waals surface area (Å²) < 4.78 is 5.48. The Hall–Kier alpha value is -1.92. The van der Waals surface area contributed by atoms with E-state index in [9.17, 15) is 19.8 Å². The quantitative estimate of drug-likeness (QED) is 0.0320. The summed E-state index contributed by atoms with van der Waals surface area (Å²) in [5.74, 6) is -0.0518. The fourth-order valence-electron chi connectivity index (χ4n) is 12.0. The van der Waals surface area contributed by atoms with Crippen LogP contribution in [0.15, 0.2) is 36.5 Å². The Morgan fingerprint density at radius 1 is 0.321 bits per heavy atom. The molecular formula is C78H149NO5. The van der Waals surface area contributed by atoms with E-state index < -0.39 is 12.1 Å². The van der Waals surface area contributed by atoms with Gasteiger partial charge in [0.25, 0.3) is 0 Å². The number of ether oxygens (including phenoxy) is 1. The van der Waals surface area contributed by atoms with Gasteiger partial charge in [0.05, 0.1) is 25.4 Å². The highest BCUT2D eigenvalue weighted by Gasteiger charge is 2.18. The molecule has 0 aliphatic rings. The van der Waals surface area contributed by atoms with Crippen molar-refractivity contribution in [2.75, 3.05) is 13.2 Å². The van der Waals surface area contributed by atoms with Crippen LogP contribution in [0.2, 0.25) is 0 Å². The maximum atomic E-state index is 12.5. The first-order valence-corrected chi connectivity index (χ1v) is 38.3. The maximum Gasteiger partial charge on any atom is 0.305 e. The van der Waals surface area contributed by atoms with Gasteiger partial charge in [0, 0.05) is 12.8 Å². The number of carbonyl (C=O) groups excluding carboxylic acids is 2. The zero-order chi connectivity index (χ0) is 60.6. The van der Waals surface area contributed by atoms with Crippen LogP contribution in [0.5, 0.6) is 0 Å². The van der Waals surface area contributed by atoms with Crippen molar-refractivity contribution in [3.8, 4) is 0 Å². The van der Waals surface area contributed by atoms with Gasteiger partial charge in [-0.1, -0.05) is 365 Å². The topological polar surface area (TPSA) is 95.9 Å². The first-order chi connectivity index (χ1) is 41.5. The van der Waals surface area contributed by atoms with Crippen molar-refractivity contribution < 1.29 is 24.5 Å². The van der Waals surface area contributed by atoms with E-state index in [0.717, 1.165) is 44.9 Å². The molecule has 2 atom stereocenters. The third-order valence-corrected chi connectivity index (χ3v) is 17.9. The highest BCUT2D eigenvalue weighted by Crippen LogP contribution is 2.19. The van der Waals surface area contributed by atoms with Gasteiger partial charge in [0.2, 0.25) is 5.91 Å². The molecule has 0 radical (unpaired) electrons. The second kappa shape index (κ2) is 73.5. The second-order valence-corrected chi connectivity index (χ2v) is 26.3. The smallest absolute Gasteiger partial charge is 0.305 e. The van der Waals surface area contributed by atoms with Crippen LogP contribution in [0, 0.1) is 0 Å². The van der Waals surface area contributed by atoms with Gasteiger partial charge in [-0.25, -0.2) is 0 Å². The lowest BCUT2D eigenvalue weighted by Gasteiger charge is -2.20. The number of amides is 1. The SMILES string of the molecule is CCCCCC/C=C\CCCCCCCC(=O)OCCCCCCCCCCCCCC/C=C\CCCCCCCCCCCCCCCCCCC(=O)NC(CO)C(O)/C=C/CCCCCCCCCCCCCCCCCCCCCC. The summed E-state index contributed by atoms with van der Waals surface area (Å²) in [5.41, 5.74) is 0. The number of hydrogen-bond donors (Lipinski definition) is 3. The Kier molecular flexibility index (Phi) is 71.9. The molecule has 3 N–H and O–H groups in total. The molecule has 496 valence electrons. The molecule has 0 saturated carbocycles. The third kappa shape index (κ3) is 69.2. The Balaban J connectivity index is 3.38. The standard InChI is InChI=1S/C78H149NO5/c1-3-5-7-9-11-13-15-17-18-19-20-21-34-37-40-43-47-50-54-58-62-66-70-76(81)75(74-80)79-77(82)71-67-63-59-55-51-48-44-41-38-35-32-30-28-26-24-22-23-25-27-29-31-33-36-39-42-45-49-53-57-61-65-69-73-84-78(83)72-68-64-60-56-52-46-16-14-12-10-8-6-4-2/h14,16,25,27,66,70,75-76,80-81H,3-13,15,17-24,26,28-65,67-69,71-74H2,1-2H3,(H,79,82)/b16-14-,27-25-,70-66+. The van der Waals surface area contributed by atoms with Crippen LogP contribution in [0.1, 0.15) is 425 Å². The molecule has 0 rings (SSSR count). The van der Waals surface area contributed by atoms with E-state index in [-0.39, 0.29) is 18.5 Å². The Bertz CT molecular complexity index is 1360. The molecule has 0 aromatic carbocycles. The Morgan fingerprint density at radius 3 is 0.857 bits per heavy atom. The Labute approximate surface area is 525 Å². The van der Waals surface area contributed by atoms with Crippen LogP contribution in [0.3, 0.4) is 0 Å². The van der Waals surface area contributed by atoms with Gasteiger partial charge in [0.15, 0.2) is 0 Å². The van der Waals surface area contributed by atoms with Gasteiger partial charge in [0.1, 0.15) is 0 Å². The summed E-state index contributed by atoms with van der Waals surface area (Å²) in [7, 11) is 0. The van der Waals surface area contributed by atoms with Crippen LogP contribution in [-0.4, -0.2) is 47.4 Å². The van der Waals surface area contributed by atoms with E-state index in [1.807, 2.05) is 6.08 Å². The van der Waals surface area contributed by atoms with Gasteiger partial charge in [-0.05, 0) is 83.5 Å². The van der Waals surface area contributed by atoms with Crippen LogP contribution in [-0.2, 0) is 14.3 Å². The van der Waals surface area contributed by atoms with Gasteiger partial charge in [-0.2, -0.15) is 0 Å². The molecule has 84 heavy (non-hydrogen) atoms. The van der Waals surface area contributed by atoms with Gasteiger partial charge in [-0.15, -0.1) is 0 Å². The minimum atomic E-state index is -0.844. The van der Waals surface area contributed by atoms with E-state index in [4.69, 9.17) is 4.74 Å². The molecule has 0 saturated heterocycles. The second-order valence-electron chi connectivity index (χ2n) is 26.3. The summed E-state index contributed by atoms with van der Waals surface area (Å²) in [6.45, 7) is 4.93. The van der Waals surface area contributed by atoms with Gasteiger partial charge < -0.3 is 20.3 Å². The summed E-state index contributed by atoms with van der Waals surface area (Å²) in [4.78, 5) is 24.6. The fraction of sp³-hybridized carbons (Fsp3) is 0.897. The monoisotopic (exact) mass is 1180 g/mol. The zero-order valence-electron chi connectivity index (χ0n) is 56.9. The number of esters is 1. The molecule has 0 heterocycles. The van der Waals surface area contributed by atoms with Crippen molar-refractivity contribution >= 4 is 11.9 Å². The number of nitrogens with one attached hydrogen (secondary N) is 1. The summed E-state index contributed by atoms with van der Waals surface area (Å²) in [5, 5.41) is 23.3. The molecule has 0 bridgehead atoms. The van der Waals surface area contributed by atoms with Crippen LogP contribution >= 0.6 is 0 Å². The van der Waals surface area contributed by atoms with Crippen molar-refractivity contribution in [1.29, 1.82) is 0 Å². The van der Waals surface area contributed by atoms with Crippen molar-refractivity contribution in [3.05, 3.63) is 36.5 Å². The van der Waals surface area contributed by atoms with Crippen LogP contribution < -0.4 is 5.32 Å². The molecule has 0 fully saturated rings. The number of aliphatic hydroxyl groups is 2. The predicted octanol–water partition coefficient (Wildman–Crippen LogP) is 25.0.